The fourth-order valence-corrected chi connectivity index (χ4v) is 2.65. The van der Waals surface area contributed by atoms with Crippen molar-refractivity contribution in [2.24, 2.45) is 0 Å². The number of carbonyl (C=O) groups excluding carboxylic acids is 1. The summed E-state index contributed by atoms with van der Waals surface area (Å²) in [5, 5.41) is 7.30. The van der Waals surface area contributed by atoms with Gasteiger partial charge >= 0.3 is 0 Å². The molecule has 0 unspecified atom stereocenters. The van der Waals surface area contributed by atoms with E-state index in [4.69, 9.17) is 11.6 Å². The molecule has 128 valence electrons. The molecule has 0 aliphatic carbocycles. The molecule has 4 rings (SSSR count). The molecule has 0 spiro atoms. The van der Waals surface area contributed by atoms with E-state index in [2.05, 4.69) is 25.4 Å². The van der Waals surface area contributed by atoms with Gasteiger partial charge in [0.05, 0.1) is 10.6 Å². The highest BCUT2D eigenvalue weighted by atomic mass is 35.5. The maximum atomic E-state index is 12.5. The number of benzene rings is 1. The molecule has 1 amide bonds. The van der Waals surface area contributed by atoms with E-state index in [-0.39, 0.29) is 17.2 Å². The van der Waals surface area contributed by atoms with Crippen LogP contribution in [0.15, 0.2) is 59.7 Å². The second kappa shape index (κ2) is 6.41. The minimum absolute atomic E-state index is 0.177. The number of hydrogen-bond donors (Lipinski definition) is 2. The fraction of sp³-hybridized carbons (Fsp3) is 0. The Kier molecular flexibility index (Phi) is 3.94. The molecule has 0 fully saturated rings. The van der Waals surface area contributed by atoms with Crippen LogP contribution in [0.1, 0.15) is 10.4 Å². The van der Waals surface area contributed by atoms with Gasteiger partial charge in [-0.2, -0.15) is 9.50 Å². The van der Waals surface area contributed by atoms with E-state index in [1.54, 1.807) is 48.8 Å². The van der Waals surface area contributed by atoms with Gasteiger partial charge in [0.25, 0.3) is 11.5 Å². The first kappa shape index (κ1) is 16.0. The smallest absolute Gasteiger partial charge is 0.258 e. The van der Waals surface area contributed by atoms with Crippen LogP contribution >= 0.6 is 11.6 Å². The maximum Gasteiger partial charge on any atom is 0.258 e. The normalized spacial score (nSPS) is 10.8. The monoisotopic (exact) mass is 366 g/mol. The summed E-state index contributed by atoms with van der Waals surface area (Å²) in [6.07, 6.45) is 3.24. The van der Waals surface area contributed by atoms with Gasteiger partial charge < -0.3 is 5.32 Å². The van der Waals surface area contributed by atoms with Gasteiger partial charge in [-0.25, -0.2) is 0 Å². The molecule has 0 radical (unpaired) electrons. The van der Waals surface area contributed by atoms with Gasteiger partial charge in [0.15, 0.2) is 5.82 Å². The van der Waals surface area contributed by atoms with Crippen LogP contribution in [0.4, 0.5) is 5.82 Å². The highest BCUT2D eigenvalue weighted by Gasteiger charge is 2.15. The number of H-pyrrole nitrogens is 1. The Hall–Kier alpha value is -3.52. The van der Waals surface area contributed by atoms with Crippen LogP contribution in [0.3, 0.4) is 0 Å². The molecule has 3 aromatic heterocycles. The number of amides is 1. The van der Waals surface area contributed by atoms with Gasteiger partial charge in [0, 0.05) is 24.0 Å². The third-order valence-electron chi connectivity index (χ3n) is 3.62. The number of aromatic amines is 1. The lowest BCUT2D eigenvalue weighted by molar-refractivity contribution is 0.102. The number of nitrogens with one attached hydrogen (secondary N) is 2. The predicted molar refractivity (Wildman–Crippen MR) is 96.2 cm³/mol. The molecule has 26 heavy (non-hydrogen) atoms. The first-order valence-electron chi connectivity index (χ1n) is 7.58. The molecule has 0 atom stereocenters. The Balaban J connectivity index is 1.78. The second-order valence-corrected chi connectivity index (χ2v) is 5.77. The molecular formula is C17H11ClN6O2. The van der Waals surface area contributed by atoms with E-state index in [0.717, 1.165) is 0 Å². The van der Waals surface area contributed by atoms with E-state index >= 15 is 0 Å². The molecule has 9 heteroatoms. The number of fused-ring (bicyclic) bond motifs is 1. The quantitative estimate of drug-likeness (QED) is 0.579. The molecular weight excluding hydrogens is 356 g/mol. The zero-order chi connectivity index (χ0) is 18.1. The Labute approximate surface area is 151 Å². The Morgan fingerprint density at radius 1 is 1.19 bits per heavy atom. The largest absolute Gasteiger partial charge is 0.306 e. The first-order chi connectivity index (χ1) is 12.6. The molecule has 0 saturated carbocycles. The summed E-state index contributed by atoms with van der Waals surface area (Å²) < 4.78 is 1.35. The Morgan fingerprint density at radius 2 is 2.04 bits per heavy atom. The standard InChI is InChI=1S/C17H11ClN6O2/c18-12-6-2-1-5-11(12)16(26)20-13-8-14(25)21-17-22-15(23-24(13)17)10-4-3-7-19-9-10/h1-9H,(H,20,26)(H,21,22,23,25). The summed E-state index contributed by atoms with van der Waals surface area (Å²) >= 11 is 6.05. The molecule has 0 bridgehead atoms. The van der Waals surface area contributed by atoms with Crippen LogP contribution < -0.4 is 10.9 Å². The topological polar surface area (TPSA) is 105 Å². The van der Waals surface area contributed by atoms with Crippen LogP contribution in [-0.4, -0.2) is 30.5 Å². The maximum absolute atomic E-state index is 12.5. The minimum atomic E-state index is -0.457. The molecule has 1 aromatic carbocycles. The lowest BCUT2D eigenvalue weighted by atomic mass is 10.2. The van der Waals surface area contributed by atoms with Crippen LogP contribution in [0, 0.1) is 0 Å². The molecule has 0 saturated heterocycles. The van der Waals surface area contributed by atoms with Crippen LogP contribution in [0.25, 0.3) is 17.2 Å². The van der Waals surface area contributed by atoms with Crippen molar-refractivity contribution >= 4 is 29.1 Å². The highest BCUT2D eigenvalue weighted by Crippen LogP contribution is 2.18. The van der Waals surface area contributed by atoms with Crippen molar-refractivity contribution in [1.82, 2.24) is 24.6 Å². The fourth-order valence-electron chi connectivity index (χ4n) is 2.43. The minimum Gasteiger partial charge on any atom is -0.306 e. The summed E-state index contributed by atoms with van der Waals surface area (Å²) in [6.45, 7) is 0. The average molecular weight is 367 g/mol. The first-order valence-corrected chi connectivity index (χ1v) is 7.96. The van der Waals surface area contributed by atoms with E-state index in [1.807, 2.05) is 0 Å². The van der Waals surface area contributed by atoms with Gasteiger partial charge in [-0.1, -0.05) is 23.7 Å². The number of hydrogen-bond acceptors (Lipinski definition) is 5. The Bertz CT molecular complexity index is 1170. The lowest BCUT2D eigenvalue weighted by Crippen LogP contribution is -2.19. The van der Waals surface area contributed by atoms with Crippen molar-refractivity contribution in [3.8, 4) is 11.4 Å². The number of pyridine rings is 1. The molecule has 4 aromatic rings. The van der Waals surface area contributed by atoms with Crippen molar-refractivity contribution in [3.05, 3.63) is 75.8 Å². The van der Waals surface area contributed by atoms with Gasteiger partial charge in [-0.05, 0) is 24.3 Å². The summed E-state index contributed by atoms with van der Waals surface area (Å²) in [5.74, 6) is 0.288. The van der Waals surface area contributed by atoms with Crippen molar-refractivity contribution < 1.29 is 4.79 Å². The number of halogens is 1. The Morgan fingerprint density at radius 3 is 2.81 bits per heavy atom. The number of aromatic nitrogens is 5. The van der Waals surface area contributed by atoms with Gasteiger partial charge in [0.2, 0.25) is 5.78 Å². The zero-order valence-corrected chi connectivity index (χ0v) is 13.9. The van der Waals surface area contributed by atoms with Crippen molar-refractivity contribution in [2.45, 2.75) is 0 Å². The van der Waals surface area contributed by atoms with E-state index < -0.39 is 11.5 Å². The van der Waals surface area contributed by atoms with E-state index in [0.29, 0.717) is 16.4 Å². The third-order valence-corrected chi connectivity index (χ3v) is 3.95. The summed E-state index contributed by atoms with van der Waals surface area (Å²) in [7, 11) is 0. The summed E-state index contributed by atoms with van der Waals surface area (Å²) in [5.41, 5.74) is 0.549. The highest BCUT2D eigenvalue weighted by molar-refractivity contribution is 6.34. The molecule has 8 nitrogen and oxygen atoms in total. The van der Waals surface area contributed by atoms with Gasteiger partial charge in [0.1, 0.15) is 5.82 Å². The molecule has 0 aliphatic rings. The summed E-state index contributed by atoms with van der Waals surface area (Å²) in [6, 6.07) is 11.4. The molecule has 3 heterocycles. The number of nitrogens with zero attached hydrogens (tertiary/aromatic N) is 4. The van der Waals surface area contributed by atoms with Crippen molar-refractivity contribution in [3.63, 3.8) is 0 Å². The second-order valence-electron chi connectivity index (χ2n) is 5.37. The van der Waals surface area contributed by atoms with Crippen LogP contribution in [0.5, 0.6) is 0 Å². The third kappa shape index (κ3) is 2.93. The van der Waals surface area contributed by atoms with Crippen LogP contribution in [-0.2, 0) is 0 Å². The molecule has 2 N–H and O–H groups in total. The van der Waals surface area contributed by atoms with Gasteiger partial charge in [-0.3, -0.25) is 19.6 Å². The zero-order valence-electron chi connectivity index (χ0n) is 13.2. The van der Waals surface area contributed by atoms with Crippen molar-refractivity contribution in [1.29, 1.82) is 0 Å². The average Bonchev–Trinajstić information content (AvgIpc) is 3.07. The predicted octanol–water partition coefficient (Wildman–Crippen LogP) is 2.39. The van der Waals surface area contributed by atoms with Crippen molar-refractivity contribution in [2.75, 3.05) is 5.32 Å². The number of anilines is 1. The number of carbonyl (C=O) groups is 1. The van der Waals surface area contributed by atoms with Gasteiger partial charge in [-0.15, -0.1) is 5.10 Å². The number of rotatable bonds is 3. The lowest BCUT2D eigenvalue weighted by Gasteiger charge is -2.07. The molecule has 0 aliphatic heterocycles. The van der Waals surface area contributed by atoms with Crippen LogP contribution in [0.2, 0.25) is 5.02 Å². The van der Waals surface area contributed by atoms with E-state index in [1.165, 1.54) is 10.6 Å². The SMILES string of the molecule is O=C(Nc1cc(=O)[nH]c2nc(-c3cccnc3)nn12)c1ccccc1Cl. The summed E-state index contributed by atoms with van der Waals surface area (Å²) in [4.78, 5) is 35.3. The van der Waals surface area contributed by atoms with E-state index in [9.17, 15) is 9.59 Å².